The van der Waals surface area contributed by atoms with Crippen LogP contribution in [0, 0.1) is 26.2 Å². The van der Waals surface area contributed by atoms with E-state index in [1.54, 1.807) is 26.8 Å². The first-order valence-corrected chi connectivity index (χ1v) is 20.5. The van der Waals surface area contributed by atoms with Crippen LogP contribution in [-0.2, 0) is 42.4 Å². The Bertz CT molecular complexity index is 2150. The highest BCUT2D eigenvalue weighted by Gasteiger charge is 2.39. The normalized spacial score (nSPS) is 15.2. The predicted molar refractivity (Wildman–Crippen MR) is 196 cm³/mol. The molecular formula is C33H40BrN5O9S3. The Balaban J connectivity index is 1.32. The van der Waals surface area contributed by atoms with Gasteiger partial charge < -0.3 is 25.3 Å². The third-order valence-electron chi connectivity index (χ3n) is 8.87. The molecular weight excluding hydrogens is 786 g/mol. The number of esters is 1. The quantitative estimate of drug-likeness (QED) is 0.114. The lowest BCUT2D eigenvalue weighted by molar-refractivity contribution is -0.143. The average molecular weight is 827 g/mol. The lowest BCUT2D eigenvalue weighted by atomic mass is 9.94. The number of benzene rings is 2. The molecule has 2 aromatic carbocycles. The highest BCUT2D eigenvalue weighted by atomic mass is 79.9. The van der Waals surface area contributed by atoms with Gasteiger partial charge >= 0.3 is 5.97 Å². The number of hydrogen-bond acceptors (Lipinski definition) is 11. The Labute approximate surface area is 309 Å². The number of thiophene rings is 1. The molecule has 276 valence electrons. The van der Waals surface area contributed by atoms with Crippen molar-refractivity contribution in [1.29, 1.82) is 5.41 Å². The number of guanidine groups is 1. The van der Waals surface area contributed by atoms with E-state index in [2.05, 4.69) is 26.0 Å². The molecule has 0 saturated heterocycles. The largest absolute Gasteiger partial charge is 0.492 e. The van der Waals surface area contributed by atoms with E-state index in [-0.39, 0.29) is 45.5 Å². The molecule has 2 aliphatic rings. The van der Waals surface area contributed by atoms with Crippen LogP contribution >= 0.6 is 27.3 Å². The number of hydrogen-bond donors (Lipinski definition) is 4. The zero-order chi connectivity index (χ0) is 37.6. The lowest BCUT2D eigenvalue weighted by Gasteiger charge is -2.26. The second-order valence-electron chi connectivity index (χ2n) is 13.0. The molecule has 0 radical (unpaired) electrons. The van der Waals surface area contributed by atoms with Crippen LogP contribution in [0.3, 0.4) is 0 Å². The van der Waals surface area contributed by atoms with Crippen LogP contribution < -0.4 is 25.2 Å². The van der Waals surface area contributed by atoms with Crippen LogP contribution in [-0.4, -0.2) is 70.9 Å². The van der Waals surface area contributed by atoms with Gasteiger partial charge in [0, 0.05) is 35.0 Å². The van der Waals surface area contributed by atoms with E-state index in [1.165, 1.54) is 17.5 Å². The van der Waals surface area contributed by atoms with Crippen LogP contribution in [0.2, 0.25) is 0 Å². The summed E-state index contributed by atoms with van der Waals surface area (Å²) in [6, 6.07) is 3.39. The SMILES string of the molecule is COC(=O)[C@H](CCCN(C(=N)N)S(=O)(=O)c1c(C)c(C)c2c(c1C)CC(C)(C)O2)NC(=O)c1sccc1NS(=O)(=O)c1cc(Br)cc2c1OCC2. The molecule has 3 aromatic rings. The van der Waals surface area contributed by atoms with Crippen LogP contribution in [0.1, 0.15) is 64.2 Å². The zero-order valence-electron chi connectivity index (χ0n) is 28.9. The Morgan fingerprint density at radius 2 is 1.84 bits per heavy atom. The van der Waals surface area contributed by atoms with Crippen LogP contribution in [0.15, 0.2) is 37.8 Å². The first kappa shape index (κ1) is 38.4. The van der Waals surface area contributed by atoms with Crippen LogP contribution in [0.5, 0.6) is 11.5 Å². The summed E-state index contributed by atoms with van der Waals surface area (Å²) in [5, 5.41) is 12.3. The molecule has 2 aliphatic heterocycles. The number of carbonyl (C=O) groups is 2. The molecule has 0 bridgehead atoms. The van der Waals surface area contributed by atoms with Gasteiger partial charge in [0.15, 0.2) is 0 Å². The molecule has 1 aromatic heterocycles. The number of sulfonamides is 2. The predicted octanol–water partition coefficient (Wildman–Crippen LogP) is 4.52. The molecule has 0 spiro atoms. The van der Waals surface area contributed by atoms with Gasteiger partial charge in [-0.3, -0.25) is 14.9 Å². The molecule has 1 atom stereocenters. The third kappa shape index (κ3) is 7.54. The summed E-state index contributed by atoms with van der Waals surface area (Å²) in [5.41, 5.74) is 8.50. The maximum Gasteiger partial charge on any atom is 0.328 e. The molecule has 5 rings (SSSR count). The van der Waals surface area contributed by atoms with Gasteiger partial charge in [0.05, 0.1) is 24.3 Å². The summed E-state index contributed by atoms with van der Waals surface area (Å²) in [6.07, 6.45) is 0.964. The fourth-order valence-corrected chi connectivity index (χ4v) is 11.0. The van der Waals surface area contributed by atoms with Gasteiger partial charge in [0.25, 0.3) is 26.0 Å². The maximum atomic E-state index is 14.1. The van der Waals surface area contributed by atoms with E-state index >= 15 is 0 Å². The first-order chi connectivity index (χ1) is 23.8. The second kappa shape index (κ2) is 14.3. The minimum atomic E-state index is -4.33. The Morgan fingerprint density at radius 1 is 1.14 bits per heavy atom. The van der Waals surface area contributed by atoms with Crippen molar-refractivity contribution >= 4 is 70.8 Å². The number of nitrogens with zero attached hydrogens (tertiary/aromatic N) is 1. The van der Waals surface area contributed by atoms with Crippen molar-refractivity contribution in [3.8, 4) is 11.5 Å². The van der Waals surface area contributed by atoms with Crippen LogP contribution in [0.25, 0.3) is 0 Å². The Morgan fingerprint density at radius 3 is 2.51 bits per heavy atom. The highest BCUT2D eigenvalue weighted by Crippen LogP contribution is 2.44. The third-order valence-corrected chi connectivity index (χ3v) is 13.7. The first-order valence-electron chi connectivity index (χ1n) is 15.9. The number of nitrogens with one attached hydrogen (secondary N) is 3. The summed E-state index contributed by atoms with van der Waals surface area (Å²) in [4.78, 5) is 26.2. The summed E-state index contributed by atoms with van der Waals surface area (Å²) < 4.78 is 75.5. The topological polar surface area (TPSA) is 207 Å². The van der Waals surface area contributed by atoms with E-state index < -0.39 is 49.5 Å². The second-order valence-corrected chi connectivity index (χ2v) is 18.2. The van der Waals surface area contributed by atoms with E-state index in [0.717, 1.165) is 33.9 Å². The minimum absolute atomic E-state index is 0.00502. The summed E-state index contributed by atoms with van der Waals surface area (Å²) in [6.45, 7) is 9.10. The number of amides is 1. The number of carbonyl (C=O) groups excluding carboxylic acids is 2. The molecule has 0 saturated carbocycles. The summed E-state index contributed by atoms with van der Waals surface area (Å²) in [7, 11) is -7.38. The molecule has 0 aliphatic carbocycles. The van der Waals surface area contributed by atoms with E-state index in [0.29, 0.717) is 46.4 Å². The van der Waals surface area contributed by atoms with E-state index in [1.807, 2.05) is 13.8 Å². The van der Waals surface area contributed by atoms with Crippen LogP contribution in [0.4, 0.5) is 5.69 Å². The van der Waals surface area contributed by atoms with Crippen molar-refractivity contribution in [3.63, 3.8) is 0 Å². The zero-order valence-corrected chi connectivity index (χ0v) is 33.0. The monoisotopic (exact) mass is 825 g/mol. The smallest absolute Gasteiger partial charge is 0.328 e. The number of anilines is 1. The fourth-order valence-electron chi connectivity index (χ4n) is 6.37. The maximum absolute atomic E-state index is 14.1. The number of nitrogens with two attached hydrogens (primary N) is 1. The molecule has 1 amide bonds. The van der Waals surface area contributed by atoms with Crippen molar-refractivity contribution < 1.29 is 40.6 Å². The van der Waals surface area contributed by atoms with Crippen molar-refractivity contribution in [3.05, 3.63) is 60.7 Å². The summed E-state index contributed by atoms with van der Waals surface area (Å²) in [5.74, 6) is -1.36. The molecule has 3 heterocycles. The molecule has 51 heavy (non-hydrogen) atoms. The Kier molecular flexibility index (Phi) is 10.7. The molecule has 0 unspecified atom stereocenters. The Hall–Kier alpha value is -3.87. The van der Waals surface area contributed by atoms with Gasteiger partial charge in [0.1, 0.15) is 32.9 Å². The van der Waals surface area contributed by atoms with Gasteiger partial charge in [-0.1, -0.05) is 15.9 Å². The number of rotatable bonds is 12. The minimum Gasteiger partial charge on any atom is -0.492 e. The molecule has 0 fully saturated rings. The van der Waals surface area contributed by atoms with Crippen molar-refractivity contribution in [1.82, 2.24) is 9.62 Å². The molecule has 14 nitrogen and oxygen atoms in total. The number of fused-ring (bicyclic) bond motifs is 2. The number of halogens is 1. The van der Waals surface area contributed by atoms with E-state index in [9.17, 15) is 26.4 Å². The molecule has 18 heteroatoms. The van der Waals surface area contributed by atoms with Gasteiger partial charge in [-0.15, -0.1) is 11.3 Å². The van der Waals surface area contributed by atoms with Crippen molar-refractivity contribution in [2.24, 2.45) is 5.73 Å². The van der Waals surface area contributed by atoms with Gasteiger partial charge in [0.2, 0.25) is 5.96 Å². The standard InChI is InChI=1S/C33H40BrN5O9S3/c1-17-18(2)29(19(3)22-16-33(4,5)48-26(17)22)51(44,45)39(32(35)36)11-7-8-24(31(41)46-6)37-30(40)28-23(10-13-49-28)38-50(42,43)25-15-21(34)14-20-9-12-47-27(20)25/h10,13-15,24,38H,7-9,11-12,16H2,1-6H3,(H3,35,36)(H,37,40)/t24-/m0/s1. The van der Waals surface area contributed by atoms with E-state index in [4.69, 9.17) is 25.4 Å². The van der Waals surface area contributed by atoms with Gasteiger partial charge in [-0.2, -0.15) is 0 Å². The average Bonchev–Trinajstić information content (AvgIpc) is 3.78. The fraction of sp³-hybridized carbons (Fsp3) is 0.424. The van der Waals surface area contributed by atoms with Crippen molar-refractivity contribution in [2.45, 2.75) is 81.7 Å². The van der Waals surface area contributed by atoms with Gasteiger partial charge in [-0.25, -0.2) is 25.9 Å². The molecule has 5 N–H and O–H groups in total. The highest BCUT2D eigenvalue weighted by molar-refractivity contribution is 9.10. The van der Waals surface area contributed by atoms with Gasteiger partial charge in [-0.05, 0) is 87.7 Å². The lowest BCUT2D eigenvalue weighted by Crippen LogP contribution is -2.44. The van der Waals surface area contributed by atoms with Crippen molar-refractivity contribution in [2.75, 3.05) is 25.0 Å². The number of ether oxygens (including phenoxy) is 3. The number of methoxy groups -OCH3 is 1. The summed E-state index contributed by atoms with van der Waals surface area (Å²) >= 11 is 4.30.